The molecular formula is C16H27N3. The van der Waals surface area contributed by atoms with Gasteiger partial charge >= 0.3 is 0 Å². The Morgan fingerprint density at radius 2 is 1.74 bits per heavy atom. The van der Waals surface area contributed by atoms with Gasteiger partial charge in [0.15, 0.2) is 0 Å². The number of pyridine rings is 1. The second kappa shape index (κ2) is 5.91. The van der Waals surface area contributed by atoms with Crippen molar-refractivity contribution in [2.45, 2.75) is 58.4 Å². The van der Waals surface area contributed by atoms with Crippen molar-refractivity contribution in [2.24, 2.45) is 5.73 Å². The third kappa shape index (κ3) is 3.69. The molecule has 1 aliphatic rings. The van der Waals surface area contributed by atoms with Gasteiger partial charge in [0.2, 0.25) is 0 Å². The molecule has 19 heavy (non-hydrogen) atoms. The van der Waals surface area contributed by atoms with Crippen LogP contribution in [-0.2, 0) is 12.0 Å². The van der Waals surface area contributed by atoms with Crippen molar-refractivity contribution in [3.63, 3.8) is 0 Å². The summed E-state index contributed by atoms with van der Waals surface area (Å²) in [4.78, 5) is 7.32. The molecule has 1 aliphatic heterocycles. The number of hydrogen-bond acceptors (Lipinski definition) is 3. The molecule has 0 amide bonds. The molecule has 2 rings (SSSR count). The predicted octanol–water partition coefficient (Wildman–Crippen LogP) is 3.22. The SMILES string of the molecule is CC(C)(C)c1cc(CN)cc(N2CCCCCC2)n1. The molecule has 2 heterocycles. The molecule has 0 aromatic carbocycles. The largest absolute Gasteiger partial charge is 0.357 e. The second-order valence-electron chi connectivity index (χ2n) is 6.57. The Balaban J connectivity index is 2.33. The van der Waals surface area contributed by atoms with Crippen LogP contribution in [0.5, 0.6) is 0 Å². The quantitative estimate of drug-likeness (QED) is 0.889. The van der Waals surface area contributed by atoms with E-state index in [4.69, 9.17) is 10.7 Å². The monoisotopic (exact) mass is 261 g/mol. The standard InChI is InChI=1S/C16H27N3/c1-16(2,3)14-10-13(12-17)11-15(18-14)19-8-6-4-5-7-9-19/h10-11H,4-9,12,17H2,1-3H3. The fourth-order valence-electron chi connectivity index (χ4n) is 2.53. The molecule has 0 spiro atoms. The molecule has 0 atom stereocenters. The van der Waals surface area contributed by atoms with E-state index >= 15 is 0 Å². The van der Waals surface area contributed by atoms with Crippen molar-refractivity contribution < 1.29 is 0 Å². The summed E-state index contributed by atoms with van der Waals surface area (Å²) in [6.07, 6.45) is 5.25. The Bertz CT molecular complexity index is 412. The summed E-state index contributed by atoms with van der Waals surface area (Å²) in [6.45, 7) is 9.48. The van der Waals surface area contributed by atoms with E-state index in [9.17, 15) is 0 Å². The average Bonchev–Trinajstić information content (AvgIpc) is 2.66. The first kappa shape index (κ1) is 14.3. The maximum Gasteiger partial charge on any atom is 0.129 e. The van der Waals surface area contributed by atoms with Crippen LogP contribution in [0.2, 0.25) is 0 Å². The molecule has 1 saturated heterocycles. The third-order valence-corrected chi connectivity index (χ3v) is 3.81. The first-order valence-corrected chi connectivity index (χ1v) is 7.47. The summed E-state index contributed by atoms with van der Waals surface area (Å²) in [6, 6.07) is 4.32. The molecular weight excluding hydrogens is 234 g/mol. The smallest absolute Gasteiger partial charge is 0.129 e. The molecule has 0 unspecified atom stereocenters. The van der Waals surface area contributed by atoms with E-state index in [0.717, 1.165) is 24.6 Å². The topological polar surface area (TPSA) is 42.1 Å². The van der Waals surface area contributed by atoms with Crippen molar-refractivity contribution in [1.29, 1.82) is 0 Å². The Morgan fingerprint density at radius 3 is 2.26 bits per heavy atom. The normalized spacial score (nSPS) is 17.4. The summed E-state index contributed by atoms with van der Waals surface area (Å²) >= 11 is 0. The Morgan fingerprint density at radius 1 is 1.11 bits per heavy atom. The third-order valence-electron chi connectivity index (χ3n) is 3.81. The molecule has 1 fully saturated rings. The van der Waals surface area contributed by atoms with Gasteiger partial charge in [-0.25, -0.2) is 4.98 Å². The van der Waals surface area contributed by atoms with Crippen LogP contribution in [0.15, 0.2) is 12.1 Å². The fourth-order valence-corrected chi connectivity index (χ4v) is 2.53. The minimum atomic E-state index is 0.0752. The highest BCUT2D eigenvalue weighted by Gasteiger charge is 2.19. The second-order valence-corrected chi connectivity index (χ2v) is 6.57. The number of hydrogen-bond donors (Lipinski definition) is 1. The molecule has 0 saturated carbocycles. The molecule has 106 valence electrons. The molecule has 3 nitrogen and oxygen atoms in total. The van der Waals surface area contributed by atoms with Crippen molar-refractivity contribution in [3.8, 4) is 0 Å². The van der Waals surface area contributed by atoms with E-state index in [1.54, 1.807) is 0 Å². The first-order valence-electron chi connectivity index (χ1n) is 7.47. The van der Waals surface area contributed by atoms with Gasteiger partial charge in [-0.3, -0.25) is 0 Å². The van der Waals surface area contributed by atoms with Gasteiger partial charge in [0, 0.05) is 30.7 Å². The molecule has 1 aromatic rings. The first-order chi connectivity index (χ1) is 9.00. The van der Waals surface area contributed by atoms with Crippen molar-refractivity contribution in [1.82, 2.24) is 4.98 Å². The summed E-state index contributed by atoms with van der Waals surface area (Å²) in [7, 11) is 0. The minimum Gasteiger partial charge on any atom is -0.357 e. The van der Waals surface area contributed by atoms with Crippen molar-refractivity contribution >= 4 is 5.82 Å². The van der Waals surface area contributed by atoms with E-state index in [-0.39, 0.29) is 5.41 Å². The lowest BCUT2D eigenvalue weighted by atomic mass is 9.90. The number of aromatic nitrogens is 1. The van der Waals surface area contributed by atoms with E-state index in [1.165, 1.54) is 31.2 Å². The summed E-state index contributed by atoms with van der Waals surface area (Å²) in [5.74, 6) is 1.12. The molecule has 3 heteroatoms. The van der Waals surface area contributed by atoms with E-state index in [2.05, 4.69) is 37.8 Å². The summed E-state index contributed by atoms with van der Waals surface area (Å²) < 4.78 is 0. The highest BCUT2D eigenvalue weighted by molar-refractivity contribution is 5.44. The summed E-state index contributed by atoms with van der Waals surface area (Å²) in [5, 5.41) is 0. The van der Waals surface area contributed by atoms with E-state index in [1.807, 2.05) is 0 Å². The Kier molecular flexibility index (Phi) is 4.46. The number of rotatable bonds is 2. The minimum absolute atomic E-state index is 0.0752. The Hall–Kier alpha value is -1.09. The van der Waals surface area contributed by atoms with Gasteiger partial charge in [0.1, 0.15) is 5.82 Å². The van der Waals surface area contributed by atoms with Crippen LogP contribution >= 0.6 is 0 Å². The number of anilines is 1. The van der Waals surface area contributed by atoms with Crippen molar-refractivity contribution in [2.75, 3.05) is 18.0 Å². The lowest BCUT2D eigenvalue weighted by Gasteiger charge is -2.26. The summed E-state index contributed by atoms with van der Waals surface area (Å²) in [5.41, 5.74) is 8.26. The van der Waals surface area contributed by atoms with Gasteiger partial charge < -0.3 is 10.6 Å². The van der Waals surface area contributed by atoms with Gasteiger partial charge in [-0.15, -0.1) is 0 Å². The van der Waals surface area contributed by atoms with Crippen LogP contribution in [0.25, 0.3) is 0 Å². The van der Waals surface area contributed by atoms with Gasteiger partial charge in [-0.1, -0.05) is 33.6 Å². The molecule has 0 radical (unpaired) electrons. The average molecular weight is 261 g/mol. The maximum atomic E-state index is 5.84. The van der Waals surface area contributed by atoms with Crippen LogP contribution in [0.4, 0.5) is 5.82 Å². The van der Waals surface area contributed by atoms with Gasteiger partial charge in [-0.2, -0.15) is 0 Å². The van der Waals surface area contributed by atoms with Crippen LogP contribution in [-0.4, -0.2) is 18.1 Å². The molecule has 2 N–H and O–H groups in total. The van der Waals surface area contributed by atoms with Crippen LogP contribution in [0.1, 0.15) is 57.7 Å². The lowest BCUT2D eigenvalue weighted by molar-refractivity contribution is 0.566. The maximum absolute atomic E-state index is 5.84. The predicted molar refractivity (Wildman–Crippen MR) is 81.5 cm³/mol. The zero-order chi connectivity index (χ0) is 13.9. The molecule has 1 aromatic heterocycles. The lowest BCUT2D eigenvalue weighted by Crippen LogP contribution is -2.26. The van der Waals surface area contributed by atoms with E-state index < -0.39 is 0 Å². The van der Waals surface area contributed by atoms with Crippen molar-refractivity contribution in [3.05, 3.63) is 23.4 Å². The Labute approximate surface area is 117 Å². The van der Waals surface area contributed by atoms with Gasteiger partial charge in [-0.05, 0) is 30.5 Å². The number of nitrogens with zero attached hydrogens (tertiary/aromatic N) is 2. The zero-order valence-corrected chi connectivity index (χ0v) is 12.6. The number of nitrogens with two attached hydrogens (primary N) is 1. The van der Waals surface area contributed by atoms with Gasteiger partial charge in [0.25, 0.3) is 0 Å². The fraction of sp³-hybridized carbons (Fsp3) is 0.688. The highest BCUT2D eigenvalue weighted by Crippen LogP contribution is 2.26. The highest BCUT2D eigenvalue weighted by atomic mass is 15.2. The van der Waals surface area contributed by atoms with Gasteiger partial charge in [0.05, 0.1) is 0 Å². The van der Waals surface area contributed by atoms with E-state index in [0.29, 0.717) is 6.54 Å². The van der Waals surface area contributed by atoms with Crippen LogP contribution in [0, 0.1) is 0 Å². The molecule has 0 aliphatic carbocycles. The van der Waals surface area contributed by atoms with Crippen LogP contribution in [0.3, 0.4) is 0 Å². The molecule has 0 bridgehead atoms. The van der Waals surface area contributed by atoms with Crippen LogP contribution < -0.4 is 10.6 Å². The zero-order valence-electron chi connectivity index (χ0n) is 12.6.